The molecule has 2 saturated heterocycles. The summed E-state index contributed by atoms with van der Waals surface area (Å²) in [6.45, 7) is 10.7. The number of likely N-dealkylation sites (N-methyl/N-ethyl adjacent to an activating group) is 1. The fourth-order valence-corrected chi connectivity index (χ4v) is 9.60. The van der Waals surface area contributed by atoms with Gasteiger partial charge in [-0.1, -0.05) is 18.6 Å². The van der Waals surface area contributed by atoms with E-state index < -0.39 is 0 Å². The number of hydrogen-bond acceptors (Lipinski definition) is 1. The average molecular weight is 417 g/mol. The van der Waals surface area contributed by atoms with Crippen molar-refractivity contribution in [1.82, 2.24) is 0 Å². The molecule has 2 saturated carbocycles. The van der Waals surface area contributed by atoms with E-state index in [4.69, 9.17) is 0 Å². The van der Waals surface area contributed by atoms with Crippen LogP contribution in [0.5, 0.6) is 0 Å². The van der Waals surface area contributed by atoms with Crippen LogP contribution in [-0.4, -0.2) is 72.5 Å². The highest BCUT2D eigenvalue weighted by Gasteiger charge is 2.62. The van der Waals surface area contributed by atoms with Crippen LogP contribution in [0.25, 0.3) is 0 Å². The fourth-order valence-electron chi connectivity index (χ4n) is 9.60. The van der Waals surface area contributed by atoms with Crippen LogP contribution in [0.2, 0.25) is 0 Å². The average Bonchev–Trinajstić information content (AvgIpc) is 3.16. The Labute approximate surface area is 185 Å². The van der Waals surface area contributed by atoms with E-state index in [1.165, 1.54) is 88.3 Å². The number of hydrogen-bond donors (Lipinski definition) is 1. The van der Waals surface area contributed by atoms with Crippen LogP contribution in [0, 0.1) is 23.2 Å². The molecule has 0 aromatic carbocycles. The third-order valence-corrected chi connectivity index (χ3v) is 11.9. The normalized spacial score (nSPS) is 50.2. The van der Waals surface area contributed by atoms with Crippen LogP contribution in [-0.2, 0) is 0 Å². The fraction of sp³-hybridized carbons (Fsp3) is 0.926. The van der Waals surface area contributed by atoms with Gasteiger partial charge in [-0.3, -0.25) is 0 Å². The summed E-state index contributed by atoms with van der Waals surface area (Å²) in [6.07, 6.45) is 16.8. The Balaban J connectivity index is 1.41. The van der Waals surface area contributed by atoms with Crippen LogP contribution >= 0.6 is 0 Å². The van der Waals surface area contributed by atoms with Crippen molar-refractivity contribution in [1.29, 1.82) is 0 Å². The van der Waals surface area contributed by atoms with Gasteiger partial charge in [0.05, 0.1) is 51.9 Å². The van der Waals surface area contributed by atoms with Crippen LogP contribution in [0.1, 0.15) is 78.1 Å². The summed E-state index contributed by atoms with van der Waals surface area (Å²) >= 11 is 0. The molecule has 3 nitrogen and oxygen atoms in total. The summed E-state index contributed by atoms with van der Waals surface area (Å²) in [7, 11) is 5.01. The number of fused-ring (bicyclic) bond motifs is 5. The zero-order valence-corrected chi connectivity index (χ0v) is 20.3. The third kappa shape index (κ3) is 2.94. The molecule has 4 fully saturated rings. The quantitative estimate of drug-likeness (QED) is 0.520. The first kappa shape index (κ1) is 21.5. The first-order valence-corrected chi connectivity index (χ1v) is 13.3. The lowest BCUT2D eigenvalue weighted by Crippen LogP contribution is -2.71. The molecule has 5 rings (SSSR count). The van der Waals surface area contributed by atoms with E-state index >= 15 is 0 Å². The number of allylic oxidation sites excluding steroid dienone is 1. The summed E-state index contributed by atoms with van der Waals surface area (Å²) in [6, 6.07) is 0.886. The number of rotatable bonds is 3. The maximum absolute atomic E-state index is 9.83. The molecule has 170 valence electrons. The Kier molecular flexibility index (Phi) is 5.24. The molecule has 0 spiro atoms. The van der Waals surface area contributed by atoms with Crippen LogP contribution < -0.4 is 0 Å². The Morgan fingerprint density at radius 1 is 0.967 bits per heavy atom. The molecule has 5 aliphatic rings. The van der Waals surface area contributed by atoms with E-state index in [1.54, 1.807) is 0 Å². The van der Waals surface area contributed by atoms with Crippen molar-refractivity contribution in [3.05, 3.63) is 11.6 Å². The van der Waals surface area contributed by atoms with E-state index in [1.807, 2.05) is 5.57 Å². The van der Waals surface area contributed by atoms with Gasteiger partial charge >= 0.3 is 0 Å². The van der Waals surface area contributed by atoms with Gasteiger partial charge in [0.15, 0.2) is 0 Å². The van der Waals surface area contributed by atoms with Crippen LogP contribution in [0.15, 0.2) is 11.6 Å². The number of likely N-dealkylation sites (tertiary alicyclic amines) is 2. The van der Waals surface area contributed by atoms with E-state index in [9.17, 15) is 5.11 Å². The number of nitrogens with zero attached hydrogens (tertiary/aromatic N) is 2. The molecule has 2 aliphatic heterocycles. The highest BCUT2D eigenvalue weighted by Crippen LogP contribution is 2.63. The topological polar surface area (TPSA) is 20.2 Å². The monoisotopic (exact) mass is 416 g/mol. The molecular formula is C27H48N2O+2. The van der Waals surface area contributed by atoms with Gasteiger partial charge in [0.25, 0.3) is 0 Å². The standard InChI is InChI=1S/C27H48N2O/c1-26-13-11-22(28(3)15-5-6-16-28)20-21(26)9-10-23-24(26)12-14-27(2)25(23)8-7-17-29(27,4)18-19-30/h9,22-25,30H,5-8,10-20H2,1-4H3/q+2/t22-,23+,24-,25-,26-,27-,29?/m0/s1. The Morgan fingerprint density at radius 3 is 2.47 bits per heavy atom. The number of piperidine rings is 1. The van der Waals surface area contributed by atoms with Gasteiger partial charge in [-0.05, 0) is 56.3 Å². The van der Waals surface area contributed by atoms with Gasteiger partial charge in [0.1, 0.15) is 6.54 Å². The third-order valence-electron chi connectivity index (χ3n) is 11.9. The van der Waals surface area contributed by atoms with Gasteiger partial charge in [-0.2, -0.15) is 0 Å². The second-order valence-corrected chi connectivity index (χ2v) is 12.9. The Hall–Kier alpha value is -0.380. The van der Waals surface area contributed by atoms with E-state index in [0.29, 0.717) is 17.6 Å². The van der Waals surface area contributed by atoms with E-state index in [-0.39, 0.29) is 0 Å². The zero-order valence-electron chi connectivity index (χ0n) is 20.3. The van der Waals surface area contributed by atoms with Crippen molar-refractivity contribution >= 4 is 0 Å². The van der Waals surface area contributed by atoms with Gasteiger partial charge in [-0.15, -0.1) is 0 Å². The highest BCUT2D eigenvalue weighted by molar-refractivity contribution is 5.25. The minimum atomic E-state index is 0.340. The lowest BCUT2D eigenvalue weighted by atomic mass is 9.47. The minimum Gasteiger partial charge on any atom is -0.391 e. The van der Waals surface area contributed by atoms with Crippen molar-refractivity contribution in [3.63, 3.8) is 0 Å². The molecule has 1 N–H and O–H groups in total. The molecule has 0 aromatic heterocycles. The molecular weight excluding hydrogens is 368 g/mol. The molecule has 3 aliphatic carbocycles. The first-order chi connectivity index (χ1) is 14.3. The van der Waals surface area contributed by atoms with Gasteiger partial charge in [0, 0.05) is 38.0 Å². The van der Waals surface area contributed by atoms with Crippen molar-refractivity contribution in [2.75, 3.05) is 46.9 Å². The molecule has 30 heavy (non-hydrogen) atoms. The van der Waals surface area contributed by atoms with Gasteiger partial charge in [0.2, 0.25) is 0 Å². The summed E-state index contributed by atoms with van der Waals surface area (Å²) in [5.74, 6) is 2.63. The molecule has 0 radical (unpaired) electrons. The van der Waals surface area contributed by atoms with Gasteiger partial charge < -0.3 is 14.1 Å². The van der Waals surface area contributed by atoms with Crippen LogP contribution in [0.3, 0.4) is 0 Å². The smallest absolute Gasteiger partial charge is 0.102 e. The van der Waals surface area contributed by atoms with Crippen molar-refractivity contribution in [3.8, 4) is 0 Å². The number of aliphatic hydroxyl groups is 1. The number of aliphatic hydroxyl groups excluding tert-OH is 1. The van der Waals surface area contributed by atoms with Crippen molar-refractivity contribution in [2.45, 2.75) is 89.6 Å². The largest absolute Gasteiger partial charge is 0.391 e. The molecule has 0 amide bonds. The predicted octanol–water partition coefficient (Wildman–Crippen LogP) is 4.75. The lowest BCUT2D eigenvalue weighted by molar-refractivity contribution is -0.969. The second-order valence-electron chi connectivity index (χ2n) is 12.9. The SMILES string of the molecule is C[C@]12CC[C@H]([N+]3(C)CCCC3)CC1=CC[C@@H]1[C@@H]2CC[C@@]2(C)[C@H]1CCC[N+]2(C)CCO. The molecule has 3 heteroatoms. The second kappa shape index (κ2) is 7.32. The van der Waals surface area contributed by atoms with E-state index in [2.05, 4.69) is 34.0 Å². The number of quaternary nitrogens is 2. The van der Waals surface area contributed by atoms with Crippen molar-refractivity contribution < 1.29 is 14.1 Å². The molecule has 0 bridgehead atoms. The lowest BCUT2D eigenvalue weighted by Gasteiger charge is -2.64. The summed E-state index contributed by atoms with van der Waals surface area (Å²) in [5, 5.41) is 9.83. The summed E-state index contributed by atoms with van der Waals surface area (Å²) in [4.78, 5) is 0. The molecule has 2 heterocycles. The Morgan fingerprint density at radius 2 is 1.73 bits per heavy atom. The Bertz CT molecular complexity index is 693. The maximum atomic E-state index is 9.83. The minimum absolute atomic E-state index is 0.340. The van der Waals surface area contributed by atoms with E-state index in [0.717, 1.165) is 34.8 Å². The molecule has 7 atom stereocenters. The molecule has 0 aromatic rings. The first-order valence-electron chi connectivity index (χ1n) is 13.3. The maximum Gasteiger partial charge on any atom is 0.102 e. The van der Waals surface area contributed by atoms with Gasteiger partial charge in [-0.25, -0.2) is 0 Å². The van der Waals surface area contributed by atoms with Crippen LogP contribution in [0.4, 0.5) is 0 Å². The zero-order chi connectivity index (χ0) is 21.2. The summed E-state index contributed by atoms with van der Waals surface area (Å²) in [5.41, 5.74) is 2.70. The summed E-state index contributed by atoms with van der Waals surface area (Å²) < 4.78 is 2.47. The molecule has 1 unspecified atom stereocenters. The highest BCUT2D eigenvalue weighted by atomic mass is 16.3. The predicted molar refractivity (Wildman–Crippen MR) is 124 cm³/mol. The van der Waals surface area contributed by atoms with Crippen molar-refractivity contribution in [2.24, 2.45) is 23.2 Å².